The van der Waals surface area contributed by atoms with E-state index in [0.717, 1.165) is 19.4 Å². The van der Waals surface area contributed by atoms with Gasteiger partial charge >= 0.3 is 0 Å². The molecular formula is C8H18O3. The summed E-state index contributed by atoms with van der Waals surface area (Å²) in [5.74, 6) is 0. The molecule has 0 saturated carbocycles. The van der Waals surface area contributed by atoms with Crippen molar-refractivity contribution in [1.29, 1.82) is 0 Å². The summed E-state index contributed by atoms with van der Waals surface area (Å²) in [7, 11) is 0. The molecule has 1 rings (SSSR count). The second-order valence-corrected chi connectivity index (χ2v) is 2.36. The molecule has 1 heterocycles. The molecule has 1 aliphatic rings. The van der Waals surface area contributed by atoms with Gasteiger partial charge < -0.3 is 15.3 Å². The van der Waals surface area contributed by atoms with E-state index in [2.05, 4.69) is 13.2 Å². The molecule has 0 bridgehead atoms. The molecule has 0 amide bonds. The van der Waals surface area contributed by atoms with E-state index < -0.39 is 0 Å². The molecule has 0 aromatic rings. The van der Waals surface area contributed by atoms with Crippen LogP contribution in [0.1, 0.15) is 19.8 Å². The summed E-state index contributed by atoms with van der Waals surface area (Å²) in [6.07, 6.45) is 1.77. The summed E-state index contributed by atoms with van der Waals surface area (Å²) >= 11 is 0. The highest BCUT2D eigenvalue weighted by Crippen LogP contribution is 2.11. The molecule has 68 valence electrons. The first-order valence-corrected chi connectivity index (χ1v) is 3.58. The Hall–Kier alpha value is -0.380. The molecule has 0 aliphatic carbocycles. The Morgan fingerprint density at radius 2 is 2.00 bits per heavy atom. The van der Waals surface area contributed by atoms with Crippen LogP contribution >= 0.6 is 0 Å². The maximum absolute atomic E-state index is 9.00. The number of rotatable bonds is 0. The van der Waals surface area contributed by atoms with Gasteiger partial charge in [0.15, 0.2) is 0 Å². The summed E-state index contributed by atoms with van der Waals surface area (Å²) in [5, 5.41) is 9.00. The lowest BCUT2D eigenvalue weighted by Crippen LogP contribution is -2.26. The number of ether oxygens (including phenoxy) is 1. The van der Waals surface area contributed by atoms with E-state index in [1.54, 1.807) is 0 Å². The van der Waals surface area contributed by atoms with Crippen LogP contribution in [-0.2, 0) is 4.74 Å². The standard InChI is InChI=1S/C6H12O2.C2H4.H2O/c1-5-4-6(7)2-3-8-5;1-2;/h5-7H,2-4H2,1H3;1-2H2;1H2/t5-,6-;;/m0../s1. The predicted molar refractivity (Wildman–Crippen MR) is 45.5 cm³/mol. The van der Waals surface area contributed by atoms with Crippen LogP contribution in [0.3, 0.4) is 0 Å². The fourth-order valence-electron chi connectivity index (χ4n) is 0.974. The fraction of sp³-hybridized carbons (Fsp3) is 0.750. The van der Waals surface area contributed by atoms with Crippen LogP contribution in [0, 0.1) is 0 Å². The highest BCUT2D eigenvalue weighted by molar-refractivity contribution is 4.65. The first kappa shape index (κ1) is 13.2. The highest BCUT2D eigenvalue weighted by atomic mass is 16.5. The van der Waals surface area contributed by atoms with Crippen LogP contribution in [0.25, 0.3) is 0 Å². The molecular weight excluding hydrogens is 144 g/mol. The Bertz CT molecular complexity index is 77.4. The van der Waals surface area contributed by atoms with Crippen molar-refractivity contribution in [2.24, 2.45) is 0 Å². The minimum absolute atomic E-state index is 0. The summed E-state index contributed by atoms with van der Waals surface area (Å²) in [4.78, 5) is 0. The van der Waals surface area contributed by atoms with Gasteiger partial charge in [-0.05, 0) is 19.8 Å². The van der Waals surface area contributed by atoms with Crippen molar-refractivity contribution in [2.75, 3.05) is 6.61 Å². The van der Waals surface area contributed by atoms with Gasteiger partial charge in [0, 0.05) is 6.61 Å². The van der Waals surface area contributed by atoms with E-state index in [-0.39, 0.29) is 17.7 Å². The molecule has 1 fully saturated rings. The maximum Gasteiger partial charge on any atom is 0.0586 e. The molecule has 0 aromatic carbocycles. The van der Waals surface area contributed by atoms with Gasteiger partial charge in [-0.3, -0.25) is 0 Å². The summed E-state index contributed by atoms with van der Waals surface area (Å²) in [5.41, 5.74) is 0. The Morgan fingerprint density at radius 1 is 1.45 bits per heavy atom. The average molecular weight is 162 g/mol. The molecule has 3 heteroatoms. The van der Waals surface area contributed by atoms with Crippen LogP contribution in [0.2, 0.25) is 0 Å². The van der Waals surface area contributed by atoms with E-state index in [4.69, 9.17) is 9.84 Å². The minimum atomic E-state index is -0.112. The molecule has 11 heavy (non-hydrogen) atoms. The lowest BCUT2D eigenvalue weighted by molar-refractivity contribution is -0.0340. The Labute approximate surface area is 68.0 Å². The zero-order valence-electron chi connectivity index (χ0n) is 7.05. The second-order valence-electron chi connectivity index (χ2n) is 2.36. The van der Waals surface area contributed by atoms with E-state index in [9.17, 15) is 0 Å². The van der Waals surface area contributed by atoms with Gasteiger partial charge in [0.05, 0.1) is 12.2 Å². The Kier molecular flexibility index (Phi) is 9.29. The monoisotopic (exact) mass is 162 g/mol. The molecule has 2 atom stereocenters. The van der Waals surface area contributed by atoms with Gasteiger partial charge in [-0.25, -0.2) is 0 Å². The van der Waals surface area contributed by atoms with Gasteiger partial charge in [-0.2, -0.15) is 0 Å². The third-order valence-electron chi connectivity index (χ3n) is 1.46. The third-order valence-corrected chi connectivity index (χ3v) is 1.46. The van der Waals surface area contributed by atoms with E-state index in [0.29, 0.717) is 0 Å². The zero-order chi connectivity index (χ0) is 7.98. The van der Waals surface area contributed by atoms with Gasteiger partial charge in [-0.15, -0.1) is 13.2 Å². The first-order valence-electron chi connectivity index (χ1n) is 3.58. The number of aliphatic hydroxyl groups is 1. The SMILES string of the molecule is C=C.C[C@H]1C[C@@H](O)CCO1.O. The molecule has 0 unspecified atom stereocenters. The lowest BCUT2D eigenvalue weighted by Gasteiger charge is -2.22. The molecule has 3 N–H and O–H groups in total. The van der Waals surface area contributed by atoms with Crippen molar-refractivity contribution in [3.8, 4) is 0 Å². The van der Waals surface area contributed by atoms with Crippen LogP contribution < -0.4 is 0 Å². The zero-order valence-corrected chi connectivity index (χ0v) is 7.05. The first-order chi connectivity index (χ1) is 4.79. The van der Waals surface area contributed by atoms with Crippen molar-refractivity contribution in [2.45, 2.75) is 32.0 Å². The second kappa shape index (κ2) is 7.72. The van der Waals surface area contributed by atoms with Gasteiger partial charge in [0.2, 0.25) is 0 Å². The molecule has 0 aromatic heterocycles. The number of hydrogen-bond acceptors (Lipinski definition) is 2. The number of hydrogen-bond donors (Lipinski definition) is 1. The van der Waals surface area contributed by atoms with Gasteiger partial charge in [0.25, 0.3) is 0 Å². The summed E-state index contributed by atoms with van der Waals surface area (Å²) in [6, 6.07) is 0. The van der Waals surface area contributed by atoms with E-state index in [1.807, 2.05) is 6.92 Å². The smallest absolute Gasteiger partial charge is 0.0586 e. The van der Waals surface area contributed by atoms with Crippen molar-refractivity contribution in [3.05, 3.63) is 13.2 Å². The fourth-order valence-corrected chi connectivity index (χ4v) is 0.974. The Morgan fingerprint density at radius 3 is 2.27 bits per heavy atom. The molecule has 1 saturated heterocycles. The van der Waals surface area contributed by atoms with E-state index >= 15 is 0 Å². The predicted octanol–water partition coefficient (Wildman–Crippen LogP) is 0.524. The quantitative estimate of drug-likeness (QED) is 0.528. The minimum Gasteiger partial charge on any atom is -0.412 e. The van der Waals surface area contributed by atoms with Crippen LogP contribution in [0.15, 0.2) is 13.2 Å². The largest absolute Gasteiger partial charge is 0.412 e. The van der Waals surface area contributed by atoms with Crippen molar-refractivity contribution in [1.82, 2.24) is 0 Å². The topological polar surface area (TPSA) is 61.0 Å². The average Bonchev–Trinajstić information content (AvgIpc) is 1.91. The van der Waals surface area contributed by atoms with Crippen LogP contribution in [0.5, 0.6) is 0 Å². The molecule has 1 aliphatic heterocycles. The Balaban J connectivity index is 0. The van der Waals surface area contributed by atoms with Crippen molar-refractivity contribution >= 4 is 0 Å². The van der Waals surface area contributed by atoms with Crippen LogP contribution in [0.4, 0.5) is 0 Å². The summed E-state index contributed by atoms with van der Waals surface area (Å²) < 4.78 is 5.19. The van der Waals surface area contributed by atoms with E-state index in [1.165, 1.54) is 0 Å². The molecule has 0 radical (unpaired) electrons. The molecule has 0 spiro atoms. The van der Waals surface area contributed by atoms with Gasteiger partial charge in [-0.1, -0.05) is 0 Å². The van der Waals surface area contributed by atoms with Gasteiger partial charge in [0.1, 0.15) is 0 Å². The molecule has 3 nitrogen and oxygen atoms in total. The van der Waals surface area contributed by atoms with Crippen LogP contribution in [-0.4, -0.2) is 29.4 Å². The third kappa shape index (κ3) is 6.04. The highest BCUT2D eigenvalue weighted by Gasteiger charge is 2.15. The normalized spacial score (nSPS) is 29.3. The lowest BCUT2D eigenvalue weighted by atomic mass is 10.1. The summed E-state index contributed by atoms with van der Waals surface area (Å²) in [6.45, 7) is 8.71. The maximum atomic E-state index is 9.00. The van der Waals surface area contributed by atoms with Crippen molar-refractivity contribution in [3.63, 3.8) is 0 Å². The number of aliphatic hydroxyl groups excluding tert-OH is 1. The van der Waals surface area contributed by atoms with Crippen molar-refractivity contribution < 1.29 is 15.3 Å².